The molecule has 0 bridgehead atoms. The lowest BCUT2D eigenvalue weighted by Gasteiger charge is -2.03. The zero-order chi connectivity index (χ0) is 17.1. The molecule has 0 aliphatic rings. The molecule has 0 fully saturated rings. The number of aromatic hydroxyl groups is 1. The van der Waals surface area contributed by atoms with Crippen LogP contribution < -0.4 is 4.74 Å². The minimum absolute atomic E-state index is 0.0836. The first-order chi connectivity index (χ1) is 11.6. The molecule has 24 heavy (non-hydrogen) atoms. The summed E-state index contributed by atoms with van der Waals surface area (Å²) in [5.41, 5.74) is 0.795. The molecule has 0 saturated carbocycles. The molecule has 1 heterocycles. The minimum Gasteiger partial charge on any atom is -0.507 e. The second-order valence-corrected chi connectivity index (χ2v) is 6.46. The van der Waals surface area contributed by atoms with Gasteiger partial charge in [-0.1, -0.05) is 28.1 Å². The Morgan fingerprint density at radius 1 is 1.25 bits per heavy atom. The number of carbonyl (C=O) groups is 1. The first kappa shape index (κ1) is 16.5. The molecule has 122 valence electrons. The van der Waals surface area contributed by atoms with Crippen molar-refractivity contribution in [1.82, 2.24) is 10.2 Å². The molecule has 1 N–H and O–H groups in total. The summed E-state index contributed by atoms with van der Waals surface area (Å²) >= 11 is 4.01. The zero-order valence-electron chi connectivity index (χ0n) is 12.4. The largest absolute Gasteiger partial charge is 0.507 e. The van der Waals surface area contributed by atoms with E-state index in [-0.39, 0.29) is 22.4 Å². The molecule has 3 aromatic rings. The Kier molecular flexibility index (Phi) is 4.86. The van der Waals surface area contributed by atoms with Crippen LogP contribution in [-0.2, 0) is 0 Å². The maximum atomic E-state index is 12.3. The van der Waals surface area contributed by atoms with Crippen LogP contribution in [0.5, 0.6) is 11.5 Å². The Labute approximate surface area is 150 Å². The number of ether oxygens (including phenoxy) is 1. The number of benzene rings is 2. The molecule has 2 aromatic carbocycles. The summed E-state index contributed by atoms with van der Waals surface area (Å²) < 4.78 is 11.5. The van der Waals surface area contributed by atoms with Crippen LogP contribution in [0.1, 0.15) is 10.4 Å². The van der Waals surface area contributed by atoms with Gasteiger partial charge in [0.25, 0.3) is 11.1 Å². The van der Waals surface area contributed by atoms with E-state index in [1.807, 2.05) is 12.1 Å². The van der Waals surface area contributed by atoms with Gasteiger partial charge >= 0.3 is 0 Å². The average molecular weight is 407 g/mol. The van der Waals surface area contributed by atoms with Crippen LogP contribution in [0.2, 0.25) is 0 Å². The molecule has 1 aromatic heterocycles. The summed E-state index contributed by atoms with van der Waals surface area (Å²) in [6.07, 6.45) is 0. The predicted molar refractivity (Wildman–Crippen MR) is 92.3 cm³/mol. The van der Waals surface area contributed by atoms with Gasteiger partial charge in [0.15, 0.2) is 0 Å². The number of carbonyl (C=O) groups excluding carboxylic acids is 1. The van der Waals surface area contributed by atoms with Crippen LogP contribution in [0.25, 0.3) is 11.5 Å². The van der Waals surface area contributed by atoms with E-state index < -0.39 is 5.12 Å². The summed E-state index contributed by atoms with van der Waals surface area (Å²) in [5, 5.41) is 17.3. The van der Waals surface area contributed by atoms with E-state index in [2.05, 4.69) is 26.1 Å². The van der Waals surface area contributed by atoms with E-state index in [0.717, 1.165) is 11.8 Å². The lowest BCUT2D eigenvalue weighted by molar-refractivity contribution is 0.108. The number of hydrogen-bond donors (Lipinski definition) is 1. The Hall–Kier alpha value is -2.32. The van der Waals surface area contributed by atoms with E-state index in [0.29, 0.717) is 15.8 Å². The lowest BCUT2D eigenvalue weighted by atomic mass is 10.2. The van der Waals surface area contributed by atoms with E-state index in [4.69, 9.17) is 9.15 Å². The van der Waals surface area contributed by atoms with E-state index >= 15 is 0 Å². The van der Waals surface area contributed by atoms with Gasteiger partial charge < -0.3 is 14.3 Å². The number of aromatic nitrogens is 2. The quantitative estimate of drug-likeness (QED) is 0.651. The van der Waals surface area contributed by atoms with Crippen molar-refractivity contribution in [1.29, 1.82) is 0 Å². The molecular weight excluding hydrogens is 396 g/mol. The Morgan fingerprint density at radius 2 is 2.04 bits per heavy atom. The normalized spacial score (nSPS) is 10.6. The molecule has 0 saturated heterocycles. The van der Waals surface area contributed by atoms with Gasteiger partial charge in [-0.05, 0) is 30.3 Å². The number of phenols is 1. The molecule has 0 radical (unpaired) electrons. The minimum atomic E-state index is -0.399. The summed E-state index contributed by atoms with van der Waals surface area (Å²) in [6, 6.07) is 11.8. The van der Waals surface area contributed by atoms with Crippen LogP contribution in [-0.4, -0.2) is 27.5 Å². The monoisotopic (exact) mass is 406 g/mol. The summed E-state index contributed by atoms with van der Waals surface area (Å²) in [4.78, 5) is 12.3. The molecule has 0 aliphatic carbocycles. The highest BCUT2D eigenvalue weighted by molar-refractivity contribution is 9.10. The Bertz CT molecular complexity index is 897. The number of rotatable bonds is 4. The van der Waals surface area contributed by atoms with Crippen molar-refractivity contribution in [2.24, 2.45) is 0 Å². The van der Waals surface area contributed by atoms with E-state index in [1.54, 1.807) is 25.3 Å². The van der Waals surface area contributed by atoms with Crippen LogP contribution in [0, 0.1) is 0 Å². The van der Waals surface area contributed by atoms with Crippen molar-refractivity contribution in [3.63, 3.8) is 0 Å². The van der Waals surface area contributed by atoms with Crippen LogP contribution in [0.15, 0.2) is 56.6 Å². The number of halogens is 1. The molecule has 0 spiro atoms. The van der Waals surface area contributed by atoms with E-state index in [1.165, 1.54) is 12.1 Å². The molecule has 0 unspecified atom stereocenters. The third kappa shape index (κ3) is 3.44. The SMILES string of the molecule is COc1ccccc1-c1nnc(SC(=O)c2cc(Br)ccc2O)o1. The first-order valence-electron chi connectivity index (χ1n) is 6.76. The molecule has 0 atom stereocenters. The second-order valence-electron chi connectivity index (χ2n) is 4.62. The smallest absolute Gasteiger partial charge is 0.284 e. The zero-order valence-corrected chi connectivity index (χ0v) is 14.8. The van der Waals surface area contributed by atoms with Crippen molar-refractivity contribution in [3.8, 4) is 23.0 Å². The number of thioether (sulfide) groups is 1. The van der Waals surface area contributed by atoms with Crippen molar-refractivity contribution in [3.05, 3.63) is 52.5 Å². The molecular formula is C16H11BrN2O4S. The number of hydrogen-bond acceptors (Lipinski definition) is 7. The molecule has 0 aliphatic heterocycles. The molecule has 6 nitrogen and oxygen atoms in total. The predicted octanol–water partition coefficient (Wildman–Crippen LogP) is 4.15. The van der Waals surface area contributed by atoms with Gasteiger partial charge in [0, 0.05) is 16.2 Å². The Morgan fingerprint density at radius 3 is 2.83 bits per heavy atom. The van der Waals surface area contributed by atoms with Crippen LogP contribution in [0.4, 0.5) is 0 Å². The highest BCUT2D eigenvalue weighted by Gasteiger charge is 2.19. The summed E-state index contributed by atoms with van der Waals surface area (Å²) in [7, 11) is 1.55. The fourth-order valence-corrected chi connectivity index (χ4v) is 2.98. The van der Waals surface area contributed by atoms with Crippen molar-refractivity contribution < 1.29 is 19.1 Å². The van der Waals surface area contributed by atoms with E-state index in [9.17, 15) is 9.90 Å². The van der Waals surface area contributed by atoms with Gasteiger partial charge in [0.2, 0.25) is 5.12 Å². The Balaban J connectivity index is 1.84. The fraction of sp³-hybridized carbons (Fsp3) is 0.0625. The topological polar surface area (TPSA) is 85.5 Å². The summed E-state index contributed by atoms with van der Waals surface area (Å²) in [6.45, 7) is 0. The molecule has 0 amide bonds. The van der Waals surface area contributed by atoms with Gasteiger partial charge in [0.1, 0.15) is 11.5 Å². The average Bonchev–Trinajstić information content (AvgIpc) is 3.05. The number of methoxy groups -OCH3 is 1. The van der Waals surface area contributed by atoms with Gasteiger partial charge in [-0.3, -0.25) is 4.79 Å². The summed E-state index contributed by atoms with van der Waals surface area (Å²) in [5.74, 6) is 0.732. The van der Waals surface area contributed by atoms with Crippen LogP contribution in [0.3, 0.4) is 0 Å². The van der Waals surface area contributed by atoms with Gasteiger partial charge in [-0.25, -0.2) is 0 Å². The lowest BCUT2D eigenvalue weighted by Crippen LogP contribution is -1.94. The molecule has 8 heteroatoms. The third-order valence-corrected chi connectivity index (χ3v) is 4.34. The van der Waals surface area contributed by atoms with Gasteiger partial charge in [0.05, 0.1) is 18.2 Å². The highest BCUT2D eigenvalue weighted by atomic mass is 79.9. The van der Waals surface area contributed by atoms with Crippen molar-refractivity contribution in [2.45, 2.75) is 5.22 Å². The maximum absolute atomic E-state index is 12.3. The molecule has 3 rings (SSSR count). The highest BCUT2D eigenvalue weighted by Crippen LogP contribution is 2.33. The first-order valence-corrected chi connectivity index (χ1v) is 8.37. The maximum Gasteiger partial charge on any atom is 0.284 e. The van der Waals surface area contributed by atoms with Gasteiger partial charge in [-0.15, -0.1) is 10.2 Å². The van der Waals surface area contributed by atoms with Crippen molar-refractivity contribution >= 4 is 32.8 Å². The second kappa shape index (κ2) is 7.06. The van der Waals surface area contributed by atoms with Crippen LogP contribution >= 0.6 is 27.7 Å². The number of phenolic OH excluding ortho intramolecular Hbond substituents is 1. The van der Waals surface area contributed by atoms with Crippen molar-refractivity contribution in [2.75, 3.05) is 7.11 Å². The standard InChI is InChI=1S/C16H11BrN2O4S/c1-22-13-5-3-2-4-10(13)14-18-19-16(23-14)24-15(21)11-8-9(17)6-7-12(11)20/h2-8,20H,1H3. The number of para-hydroxylation sites is 1. The fourth-order valence-electron chi connectivity index (χ4n) is 1.99. The van der Waals surface area contributed by atoms with Gasteiger partial charge in [-0.2, -0.15) is 0 Å². The number of nitrogens with zero attached hydrogens (tertiary/aromatic N) is 2. The third-order valence-electron chi connectivity index (χ3n) is 3.10.